The molecule has 2 heterocycles. The van der Waals surface area contributed by atoms with Crippen LogP contribution in [0.4, 0.5) is 5.69 Å². The maximum atomic E-state index is 12.9. The van der Waals surface area contributed by atoms with E-state index in [1.165, 1.54) is 5.56 Å². The number of para-hydroxylation sites is 1. The number of aromatic nitrogens is 2. The van der Waals surface area contributed by atoms with Crippen LogP contribution in [0.2, 0.25) is 0 Å². The Kier molecular flexibility index (Phi) is 6.83. The number of rotatable bonds is 6. The van der Waals surface area contributed by atoms with Gasteiger partial charge in [-0.15, -0.1) is 0 Å². The summed E-state index contributed by atoms with van der Waals surface area (Å²) in [5.41, 5.74) is 4.19. The molecule has 0 saturated carbocycles. The summed E-state index contributed by atoms with van der Waals surface area (Å²) in [6.45, 7) is 6.43. The third-order valence-corrected chi connectivity index (χ3v) is 6.35. The number of nitrogens with zero attached hydrogens (tertiary/aromatic N) is 3. The van der Waals surface area contributed by atoms with Crippen molar-refractivity contribution < 1.29 is 9.32 Å². The molecule has 3 aromatic rings. The van der Waals surface area contributed by atoms with Gasteiger partial charge in [-0.1, -0.05) is 58.3 Å². The average Bonchev–Trinajstić information content (AvgIpc) is 3.24. The van der Waals surface area contributed by atoms with Crippen molar-refractivity contribution in [3.8, 4) is 11.4 Å². The quantitative estimate of drug-likeness (QED) is 0.521. The Morgan fingerprint density at radius 1 is 1.23 bits per heavy atom. The predicted octanol–water partition coefficient (Wildman–Crippen LogP) is 5.22. The second kappa shape index (κ2) is 9.75. The molecule has 0 atom stereocenters. The van der Waals surface area contributed by atoms with E-state index in [2.05, 4.69) is 49.3 Å². The van der Waals surface area contributed by atoms with E-state index in [0.29, 0.717) is 18.3 Å². The van der Waals surface area contributed by atoms with E-state index in [0.717, 1.165) is 53.6 Å². The number of piperidine rings is 1. The molecule has 4 rings (SSSR count). The molecule has 0 spiro atoms. The molecule has 7 heteroatoms. The van der Waals surface area contributed by atoms with Gasteiger partial charge in [-0.25, -0.2) is 0 Å². The summed E-state index contributed by atoms with van der Waals surface area (Å²) in [6, 6.07) is 14.0. The van der Waals surface area contributed by atoms with E-state index >= 15 is 0 Å². The topological polar surface area (TPSA) is 71.3 Å². The highest BCUT2D eigenvalue weighted by molar-refractivity contribution is 9.10. The molecule has 1 fully saturated rings. The van der Waals surface area contributed by atoms with Crippen molar-refractivity contribution in [3.63, 3.8) is 0 Å². The second-order valence-corrected chi connectivity index (χ2v) is 8.94. The largest absolute Gasteiger partial charge is 0.338 e. The van der Waals surface area contributed by atoms with Crippen LogP contribution >= 0.6 is 15.9 Å². The van der Waals surface area contributed by atoms with Crippen molar-refractivity contribution in [2.45, 2.75) is 39.7 Å². The van der Waals surface area contributed by atoms with Crippen LogP contribution in [0.3, 0.4) is 0 Å². The summed E-state index contributed by atoms with van der Waals surface area (Å²) in [7, 11) is 0. The Bertz CT molecular complexity index is 1060. The third-order valence-electron chi connectivity index (χ3n) is 5.86. The van der Waals surface area contributed by atoms with Crippen LogP contribution in [0.1, 0.15) is 36.8 Å². The molecule has 6 nitrogen and oxygen atoms in total. The Morgan fingerprint density at radius 3 is 2.74 bits per heavy atom. The van der Waals surface area contributed by atoms with Gasteiger partial charge in [0.25, 0.3) is 0 Å². The van der Waals surface area contributed by atoms with Gasteiger partial charge in [0.15, 0.2) is 0 Å². The fraction of sp³-hybridized carbons (Fsp3) is 0.375. The van der Waals surface area contributed by atoms with Gasteiger partial charge in [-0.05, 0) is 62.5 Å². The minimum atomic E-state index is 0.0282. The smallest absolute Gasteiger partial charge is 0.241 e. The van der Waals surface area contributed by atoms with Gasteiger partial charge in [0, 0.05) is 21.6 Å². The number of amides is 1. The highest BCUT2D eigenvalue weighted by Crippen LogP contribution is 2.26. The Hall–Kier alpha value is -2.51. The second-order valence-electron chi connectivity index (χ2n) is 8.02. The number of hydrogen-bond acceptors (Lipinski definition) is 5. The van der Waals surface area contributed by atoms with Crippen molar-refractivity contribution in [1.82, 2.24) is 15.0 Å². The number of halogens is 1. The van der Waals surface area contributed by atoms with Crippen LogP contribution in [-0.4, -0.2) is 34.0 Å². The van der Waals surface area contributed by atoms with Gasteiger partial charge in [-0.3, -0.25) is 9.69 Å². The van der Waals surface area contributed by atoms with Crippen LogP contribution in [0.15, 0.2) is 51.5 Å². The average molecular weight is 483 g/mol. The zero-order chi connectivity index (χ0) is 21.8. The highest BCUT2D eigenvalue weighted by Gasteiger charge is 2.26. The lowest BCUT2D eigenvalue weighted by Gasteiger charge is -2.30. The van der Waals surface area contributed by atoms with Crippen LogP contribution in [0.25, 0.3) is 11.4 Å². The van der Waals surface area contributed by atoms with Gasteiger partial charge >= 0.3 is 0 Å². The number of carbonyl (C=O) groups excluding carboxylic acids is 1. The van der Waals surface area contributed by atoms with Crippen molar-refractivity contribution in [1.29, 1.82) is 0 Å². The van der Waals surface area contributed by atoms with Gasteiger partial charge in [-0.2, -0.15) is 4.98 Å². The number of likely N-dealkylation sites (tertiary alicyclic amines) is 1. The first kappa shape index (κ1) is 21.7. The van der Waals surface area contributed by atoms with Crippen LogP contribution in [0.5, 0.6) is 0 Å². The summed E-state index contributed by atoms with van der Waals surface area (Å²) in [5, 5.41) is 7.30. The van der Waals surface area contributed by atoms with Crippen molar-refractivity contribution in [2.75, 3.05) is 18.4 Å². The monoisotopic (exact) mass is 482 g/mol. The van der Waals surface area contributed by atoms with E-state index in [4.69, 9.17) is 4.52 Å². The van der Waals surface area contributed by atoms with Gasteiger partial charge in [0.2, 0.25) is 17.6 Å². The lowest BCUT2D eigenvalue weighted by atomic mass is 9.95. The van der Waals surface area contributed by atoms with Crippen molar-refractivity contribution >= 4 is 27.5 Å². The fourth-order valence-corrected chi connectivity index (χ4v) is 4.43. The Morgan fingerprint density at radius 2 is 2.00 bits per heavy atom. The molecule has 1 aliphatic heterocycles. The first-order chi connectivity index (χ1) is 15.0. The molecular weight excluding hydrogens is 456 g/mol. The molecule has 2 aromatic carbocycles. The predicted molar refractivity (Wildman–Crippen MR) is 125 cm³/mol. The molecule has 1 N–H and O–H groups in total. The lowest BCUT2D eigenvalue weighted by Crippen LogP contribution is -2.38. The third kappa shape index (κ3) is 5.22. The number of hydrogen-bond donors (Lipinski definition) is 1. The summed E-state index contributed by atoms with van der Waals surface area (Å²) < 4.78 is 6.44. The molecule has 162 valence electrons. The van der Waals surface area contributed by atoms with Crippen LogP contribution in [0, 0.1) is 12.8 Å². The number of anilines is 1. The molecule has 0 bridgehead atoms. The lowest BCUT2D eigenvalue weighted by molar-refractivity contribution is -0.121. The molecule has 1 amide bonds. The van der Waals surface area contributed by atoms with E-state index in [9.17, 15) is 4.79 Å². The Balaban J connectivity index is 1.32. The van der Waals surface area contributed by atoms with E-state index < -0.39 is 0 Å². The fourth-order valence-electron chi connectivity index (χ4n) is 4.04. The molecule has 0 aliphatic carbocycles. The maximum absolute atomic E-state index is 12.9. The molecule has 1 aromatic heterocycles. The summed E-state index contributed by atoms with van der Waals surface area (Å²) in [5.74, 6) is 1.35. The van der Waals surface area contributed by atoms with E-state index in [1.54, 1.807) is 0 Å². The normalized spacial score (nSPS) is 15.2. The first-order valence-corrected chi connectivity index (χ1v) is 11.5. The molecule has 1 aliphatic rings. The van der Waals surface area contributed by atoms with Crippen molar-refractivity contribution in [3.05, 3.63) is 64.0 Å². The summed E-state index contributed by atoms with van der Waals surface area (Å²) in [6.07, 6.45) is 2.56. The minimum Gasteiger partial charge on any atom is -0.338 e. The van der Waals surface area contributed by atoms with Gasteiger partial charge in [0.1, 0.15) is 0 Å². The SMILES string of the molecule is CCc1cccc(C)c1NC(=O)C1CCN(Cc2nc(-c3cccc(Br)c3)no2)CC1. The van der Waals surface area contributed by atoms with E-state index in [-0.39, 0.29) is 11.8 Å². The Labute approximate surface area is 191 Å². The summed E-state index contributed by atoms with van der Waals surface area (Å²) >= 11 is 3.47. The molecule has 31 heavy (non-hydrogen) atoms. The van der Waals surface area contributed by atoms with Gasteiger partial charge < -0.3 is 9.84 Å². The number of aryl methyl sites for hydroxylation is 2. The zero-order valence-electron chi connectivity index (χ0n) is 17.9. The first-order valence-electron chi connectivity index (χ1n) is 10.7. The van der Waals surface area contributed by atoms with Crippen LogP contribution < -0.4 is 5.32 Å². The molecule has 0 radical (unpaired) electrons. The van der Waals surface area contributed by atoms with Crippen molar-refractivity contribution in [2.24, 2.45) is 5.92 Å². The van der Waals surface area contributed by atoms with E-state index in [1.807, 2.05) is 43.3 Å². The minimum absolute atomic E-state index is 0.0282. The number of benzene rings is 2. The van der Waals surface area contributed by atoms with Gasteiger partial charge in [0.05, 0.1) is 6.54 Å². The van der Waals surface area contributed by atoms with Crippen LogP contribution in [-0.2, 0) is 17.8 Å². The standard InChI is InChI=1S/C24H27BrN4O2/c1-3-17-7-4-6-16(2)22(17)27-24(30)18-10-12-29(13-11-18)15-21-26-23(28-31-21)19-8-5-9-20(25)14-19/h4-9,14,18H,3,10-13,15H2,1-2H3,(H,27,30). The molecule has 0 unspecified atom stereocenters. The number of nitrogens with one attached hydrogen (secondary N) is 1. The zero-order valence-corrected chi connectivity index (χ0v) is 19.5. The molecule has 1 saturated heterocycles. The highest BCUT2D eigenvalue weighted by atomic mass is 79.9. The molecular formula is C24H27BrN4O2. The maximum Gasteiger partial charge on any atom is 0.241 e. The number of carbonyl (C=O) groups is 1. The summed E-state index contributed by atoms with van der Waals surface area (Å²) in [4.78, 5) is 19.7.